The van der Waals surface area contributed by atoms with Crippen LogP contribution in [0.25, 0.3) is 11.1 Å². The summed E-state index contributed by atoms with van der Waals surface area (Å²) in [6, 6.07) is 15.9. The number of piperidine rings is 1. The van der Waals surface area contributed by atoms with Crippen LogP contribution in [0.3, 0.4) is 0 Å². The highest BCUT2D eigenvalue weighted by atomic mass is 35.5. The van der Waals surface area contributed by atoms with E-state index in [1.165, 1.54) is 0 Å². The van der Waals surface area contributed by atoms with Crippen LogP contribution in [0.4, 0.5) is 11.7 Å². The number of hydrogen-bond donors (Lipinski definition) is 0. The molecule has 1 amide bonds. The van der Waals surface area contributed by atoms with E-state index in [-0.39, 0.29) is 11.8 Å². The number of benzene rings is 2. The Bertz CT molecular complexity index is 914. The molecule has 4 rings (SSSR count). The number of carbonyl (C=O) groups is 1. The van der Waals surface area contributed by atoms with E-state index in [4.69, 9.17) is 16.0 Å². The number of para-hydroxylation sites is 3. The van der Waals surface area contributed by atoms with E-state index < -0.39 is 0 Å². The molecule has 140 valence electrons. The first-order valence-corrected chi connectivity index (χ1v) is 9.71. The molecule has 0 saturated carbocycles. The van der Waals surface area contributed by atoms with Gasteiger partial charge in [-0.25, -0.2) is 0 Å². The first kappa shape index (κ1) is 17.9. The van der Waals surface area contributed by atoms with Gasteiger partial charge in [0.1, 0.15) is 5.52 Å². The average Bonchev–Trinajstić information content (AvgIpc) is 3.14. The Morgan fingerprint density at radius 3 is 2.59 bits per heavy atom. The summed E-state index contributed by atoms with van der Waals surface area (Å²) in [5.74, 6) is 0.129. The van der Waals surface area contributed by atoms with Crippen LogP contribution in [0.15, 0.2) is 52.9 Å². The molecule has 3 aromatic rings. The van der Waals surface area contributed by atoms with Crippen LogP contribution < -0.4 is 9.80 Å². The summed E-state index contributed by atoms with van der Waals surface area (Å²) in [5.41, 5.74) is 2.44. The van der Waals surface area contributed by atoms with E-state index in [0.29, 0.717) is 17.6 Å². The standard InChI is InChI=1S/C21H22ClN3O2/c1-2-25(18-9-5-3-7-16(18)22)20(26)15-11-13-24(14-12-15)21-23-17-8-4-6-10-19(17)27-21/h3-10,15H,2,11-14H2,1H3. The van der Waals surface area contributed by atoms with E-state index in [0.717, 1.165) is 42.7 Å². The zero-order valence-electron chi connectivity index (χ0n) is 15.3. The Hall–Kier alpha value is -2.53. The molecule has 0 bridgehead atoms. The maximum atomic E-state index is 13.1. The van der Waals surface area contributed by atoms with Crippen LogP contribution in [0, 0.1) is 5.92 Å². The lowest BCUT2D eigenvalue weighted by atomic mass is 9.95. The first-order valence-electron chi connectivity index (χ1n) is 9.34. The molecule has 0 radical (unpaired) electrons. The van der Waals surface area contributed by atoms with E-state index in [2.05, 4.69) is 9.88 Å². The lowest BCUT2D eigenvalue weighted by molar-refractivity contribution is -0.122. The van der Waals surface area contributed by atoms with Crippen molar-refractivity contribution in [3.05, 3.63) is 53.6 Å². The van der Waals surface area contributed by atoms with Crippen molar-refractivity contribution in [3.63, 3.8) is 0 Å². The van der Waals surface area contributed by atoms with Gasteiger partial charge in [0.05, 0.1) is 10.7 Å². The second kappa shape index (κ2) is 7.61. The second-order valence-corrected chi connectivity index (χ2v) is 7.17. The zero-order valence-corrected chi connectivity index (χ0v) is 16.0. The number of rotatable bonds is 4. The molecule has 0 aliphatic carbocycles. The molecule has 2 aromatic carbocycles. The highest BCUT2D eigenvalue weighted by Crippen LogP contribution is 2.30. The van der Waals surface area contributed by atoms with Crippen molar-refractivity contribution in [1.82, 2.24) is 4.98 Å². The zero-order chi connectivity index (χ0) is 18.8. The predicted molar refractivity (Wildman–Crippen MR) is 108 cm³/mol. The van der Waals surface area contributed by atoms with Crippen LogP contribution >= 0.6 is 11.6 Å². The topological polar surface area (TPSA) is 49.6 Å². The summed E-state index contributed by atoms with van der Waals surface area (Å²) in [6.45, 7) is 4.09. The van der Waals surface area contributed by atoms with Gasteiger partial charge in [-0.05, 0) is 44.0 Å². The normalized spacial score (nSPS) is 15.3. The minimum absolute atomic E-state index is 0.0122. The summed E-state index contributed by atoms with van der Waals surface area (Å²) >= 11 is 6.30. The minimum Gasteiger partial charge on any atom is -0.423 e. The van der Waals surface area contributed by atoms with Gasteiger partial charge < -0.3 is 14.2 Å². The fourth-order valence-electron chi connectivity index (χ4n) is 3.65. The molecule has 0 N–H and O–H groups in total. The molecule has 1 aliphatic rings. The number of hydrogen-bond acceptors (Lipinski definition) is 4. The predicted octanol–water partition coefficient (Wildman–Crippen LogP) is 4.75. The van der Waals surface area contributed by atoms with Crippen molar-refractivity contribution < 1.29 is 9.21 Å². The maximum absolute atomic E-state index is 13.1. The monoisotopic (exact) mass is 383 g/mol. The van der Waals surface area contributed by atoms with Gasteiger partial charge in [-0.1, -0.05) is 35.9 Å². The Morgan fingerprint density at radius 1 is 1.19 bits per heavy atom. The average molecular weight is 384 g/mol. The van der Waals surface area contributed by atoms with Gasteiger partial charge in [-0.15, -0.1) is 0 Å². The van der Waals surface area contributed by atoms with Crippen LogP contribution in [0.2, 0.25) is 5.02 Å². The Balaban J connectivity index is 1.45. The third-order valence-corrected chi connectivity index (χ3v) is 5.44. The van der Waals surface area contributed by atoms with Gasteiger partial charge in [0.15, 0.2) is 5.58 Å². The Labute approximate surface area is 163 Å². The highest BCUT2D eigenvalue weighted by Gasteiger charge is 2.30. The quantitative estimate of drug-likeness (QED) is 0.652. The van der Waals surface area contributed by atoms with Gasteiger partial charge in [-0.2, -0.15) is 4.98 Å². The second-order valence-electron chi connectivity index (χ2n) is 6.76. The molecule has 5 nitrogen and oxygen atoms in total. The largest absolute Gasteiger partial charge is 0.423 e. The number of anilines is 2. The molecule has 1 aliphatic heterocycles. The van der Waals surface area contributed by atoms with Gasteiger partial charge in [0.2, 0.25) is 5.91 Å². The first-order chi connectivity index (χ1) is 13.2. The van der Waals surface area contributed by atoms with Crippen molar-refractivity contribution in [2.45, 2.75) is 19.8 Å². The molecule has 6 heteroatoms. The third-order valence-electron chi connectivity index (χ3n) is 5.12. The highest BCUT2D eigenvalue weighted by molar-refractivity contribution is 6.33. The molecule has 0 unspecified atom stereocenters. The van der Waals surface area contributed by atoms with Crippen LogP contribution in [-0.4, -0.2) is 30.5 Å². The number of aromatic nitrogens is 1. The van der Waals surface area contributed by atoms with Gasteiger partial charge in [-0.3, -0.25) is 4.79 Å². The van der Waals surface area contributed by atoms with E-state index in [1.54, 1.807) is 4.90 Å². The number of carbonyl (C=O) groups excluding carboxylic acids is 1. The number of oxazole rings is 1. The van der Waals surface area contributed by atoms with Gasteiger partial charge in [0, 0.05) is 25.6 Å². The molecule has 1 fully saturated rings. The molecule has 0 spiro atoms. The molecule has 1 aromatic heterocycles. The summed E-state index contributed by atoms with van der Waals surface area (Å²) in [6.07, 6.45) is 1.55. The molecule has 2 heterocycles. The fraction of sp³-hybridized carbons (Fsp3) is 0.333. The molecule has 27 heavy (non-hydrogen) atoms. The van der Waals surface area contributed by atoms with E-state index >= 15 is 0 Å². The van der Waals surface area contributed by atoms with Gasteiger partial charge in [0.25, 0.3) is 6.01 Å². The summed E-state index contributed by atoms with van der Waals surface area (Å²) in [7, 11) is 0. The smallest absolute Gasteiger partial charge is 0.298 e. The molecular weight excluding hydrogens is 362 g/mol. The number of nitrogens with zero attached hydrogens (tertiary/aromatic N) is 3. The Kier molecular flexibility index (Phi) is 5.03. The SMILES string of the molecule is CCN(C(=O)C1CCN(c2nc3ccccc3o2)CC1)c1ccccc1Cl. The van der Waals surface area contributed by atoms with Crippen LogP contribution in [0.5, 0.6) is 0 Å². The third kappa shape index (κ3) is 3.52. The van der Waals surface area contributed by atoms with Crippen molar-refractivity contribution in [3.8, 4) is 0 Å². The Morgan fingerprint density at radius 2 is 1.89 bits per heavy atom. The lowest BCUT2D eigenvalue weighted by Gasteiger charge is -2.33. The van der Waals surface area contributed by atoms with Crippen molar-refractivity contribution in [2.24, 2.45) is 5.92 Å². The maximum Gasteiger partial charge on any atom is 0.298 e. The van der Waals surface area contributed by atoms with Crippen molar-refractivity contribution in [2.75, 3.05) is 29.4 Å². The molecule has 1 saturated heterocycles. The number of fused-ring (bicyclic) bond motifs is 1. The molecule has 0 atom stereocenters. The summed E-state index contributed by atoms with van der Waals surface area (Å²) in [5, 5.41) is 0.608. The number of amides is 1. The van der Waals surface area contributed by atoms with Gasteiger partial charge >= 0.3 is 0 Å². The van der Waals surface area contributed by atoms with Crippen LogP contribution in [-0.2, 0) is 4.79 Å². The van der Waals surface area contributed by atoms with E-state index in [9.17, 15) is 4.79 Å². The number of halogens is 1. The lowest BCUT2D eigenvalue weighted by Crippen LogP contribution is -2.43. The van der Waals surface area contributed by atoms with Crippen molar-refractivity contribution in [1.29, 1.82) is 0 Å². The summed E-state index contributed by atoms with van der Waals surface area (Å²) < 4.78 is 5.86. The fourth-order valence-corrected chi connectivity index (χ4v) is 3.89. The van der Waals surface area contributed by atoms with E-state index in [1.807, 2.05) is 55.5 Å². The van der Waals surface area contributed by atoms with Crippen LogP contribution in [0.1, 0.15) is 19.8 Å². The van der Waals surface area contributed by atoms with Crippen molar-refractivity contribution >= 4 is 40.3 Å². The molecular formula is C21H22ClN3O2. The summed E-state index contributed by atoms with van der Waals surface area (Å²) in [4.78, 5) is 21.6. The minimum atomic E-state index is -0.0122.